The molecule has 0 radical (unpaired) electrons. The summed E-state index contributed by atoms with van der Waals surface area (Å²) in [6.45, 7) is 15.5. The molecule has 0 spiro atoms. The molecule has 3 N–H and O–H groups in total. The van der Waals surface area contributed by atoms with E-state index in [1.807, 2.05) is 26.0 Å². The zero-order valence-corrected chi connectivity index (χ0v) is 19.3. The second kappa shape index (κ2) is 10.2. The number of hydrogen-bond acceptors (Lipinski definition) is 4. The molecule has 1 aliphatic carbocycles. The Morgan fingerprint density at radius 1 is 1.38 bits per heavy atom. The van der Waals surface area contributed by atoms with Crippen molar-refractivity contribution in [1.82, 2.24) is 10.3 Å². The summed E-state index contributed by atoms with van der Waals surface area (Å²) in [6, 6.07) is 4.20. The van der Waals surface area contributed by atoms with Gasteiger partial charge in [-0.15, -0.1) is 11.3 Å². The fourth-order valence-corrected chi connectivity index (χ4v) is 4.43. The van der Waals surface area contributed by atoms with Gasteiger partial charge in [-0.2, -0.15) is 0 Å². The number of carbonyl (C=O) groups is 1. The van der Waals surface area contributed by atoms with Gasteiger partial charge >= 0.3 is 0 Å². The Labute approximate surface area is 179 Å². The predicted molar refractivity (Wildman–Crippen MR) is 126 cm³/mol. The Morgan fingerprint density at radius 2 is 2.10 bits per heavy atom. The standard InChI is InChI=1S/C18H25N3OS.C6H10/c1-18(2,3)13-4-5-14-11(9-13)8-12-10-15(23-17(12)21-14)16(22)20-7-6-19;1-4-5-6(2)3/h8,10,13H,4-7,9,19H2,1-3H3,(H,20,22);4-5H,1H2,2-3H3. The Bertz CT molecular complexity index is 885. The Hall–Kier alpha value is -1.98. The van der Waals surface area contributed by atoms with Gasteiger partial charge in [-0.05, 0) is 62.1 Å². The van der Waals surface area contributed by atoms with Crippen LogP contribution < -0.4 is 11.1 Å². The topological polar surface area (TPSA) is 68.0 Å². The fraction of sp³-hybridized carbons (Fsp3) is 0.500. The van der Waals surface area contributed by atoms with Gasteiger partial charge in [-0.1, -0.05) is 45.1 Å². The van der Waals surface area contributed by atoms with Crippen LogP contribution in [0, 0.1) is 11.3 Å². The lowest BCUT2D eigenvalue weighted by atomic mass is 9.71. The van der Waals surface area contributed by atoms with Crippen LogP contribution in [-0.2, 0) is 12.8 Å². The number of thiophene rings is 1. The molecule has 0 fully saturated rings. The summed E-state index contributed by atoms with van der Waals surface area (Å²) in [5, 5.41) is 3.91. The van der Waals surface area contributed by atoms with Crippen molar-refractivity contribution in [3.8, 4) is 0 Å². The maximum atomic E-state index is 12.1. The molecular weight excluding hydrogens is 378 g/mol. The minimum atomic E-state index is -0.0519. The minimum Gasteiger partial charge on any atom is -0.350 e. The van der Waals surface area contributed by atoms with Crippen molar-refractivity contribution in [2.75, 3.05) is 13.1 Å². The highest BCUT2D eigenvalue weighted by molar-refractivity contribution is 7.20. The first-order valence-corrected chi connectivity index (χ1v) is 11.1. The van der Waals surface area contributed by atoms with Crippen molar-refractivity contribution in [3.05, 3.63) is 52.6 Å². The first-order chi connectivity index (χ1) is 13.7. The normalized spacial score (nSPS) is 15.7. The van der Waals surface area contributed by atoms with E-state index in [1.165, 1.54) is 34.6 Å². The second-order valence-corrected chi connectivity index (χ2v) is 9.96. The zero-order valence-electron chi connectivity index (χ0n) is 18.5. The lowest BCUT2D eigenvalue weighted by Crippen LogP contribution is -2.28. The summed E-state index contributed by atoms with van der Waals surface area (Å²) in [7, 11) is 0. The number of nitrogens with two attached hydrogens (primary N) is 1. The van der Waals surface area contributed by atoms with E-state index in [9.17, 15) is 4.79 Å². The fourth-order valence-electron chi connectivity index (χ4n) is 3.48. The van der Waals surface area contributed by atoms with Crippen LogP contribution in [0.3, 0.4) is 0 Å². The number of carbonyl (C=O) groups excluding carboxylic acids is 1. The number of pyridine rings is 1. The van der Waals surface area contributed by atoms with Crippen molar-refractivity contribution < 1.29 is 4.79 Å². The summed E-state index contributed by atoms with van der Waals surface area (Å²) in [4.78, 5) is 18.6. The molecule has 158 valence electrons. The van der Waals surface area contributed by atoms with Crippen LogP contribution in [0.2, 0.25) is 0 Å². The molecule has 1 atom stereocenters. The smallest absolute Gasteiger partial charge is 0.261 e. The Morgan fingerprint density at radius 3 is 2.66 bits per heavy atom. The Kier molecular flexibility index (Phi) is 8.17. The third-order valence-corrected chi connectivity index (χ3v) is 6.25. The van der Waals surface area contributed by atoms with Gasteiger partial charge in [0.2, 0.25) is 0 Å². The van der Waals surface area contributed by atoms with Crippen LogP contribution in [0.1, 0.15) is 62.0 Å². The quantitative estimate of drug-likeness (QED) is 0.671. The number of nitrogens with one attached hydrogen (secondary N) is 1. The first-order valence-electron chi connectivity index (χ1n) is 10.3. The van der Waals surface area contributed by atoms with Crippen LogP contribution in [-0.4, -0.2) is 24.0 Å². The van der Waals surface area contributed by atoms with E-state index in [4.69, 9.17) is 10.7 Å². The van der Waals surface area contributed by atoms with E-state index in [0.29, 0.717) is 24.4 Å². The average molecular weight is 414 g/mol. The van der Waals surface area contributed by atoms with Crippen molar-refractivity contribution in [1.29, 1.82) is 0 Å². The molecule has 29 heavy (non-hydrogen) atoms. The maximum absolute atomic E-state index is 12.1. The average Bonchev–Trinajstić information content (AvgIpc) is 3.06. The summed E-state index contributed by atoms with van der Waals surface area (Å²) < 4.78 is 0. The van der Waals surface area contributed by atoms with Crippen LogP contribution in [0.4, 0.5) is 0 Å². The SMILES string of the molecule is C=CC=C(C)C.CC(C)(C)C1CCc2nc3sc(C(=O)NCCN)cc3cc2C1. The van der Waals surface area contributed by atoms with Gasteiger partial charge in [0.25, 0.3) is 5.91 Å². The molecule has 0 bridgehead atoms. The van der Waals surface area contributed by atoms with E-state index in [-0.39, 0.29) is 5.91 Å². The molecule has 4 nitrogen and oxygen atoms in total. The summed E-state index contributed by atoms with van der Waals surface area (Å²) in [5.74, 6) is 0.643. The van der Waals surface area contributed by atoms with Gasteiger partial charge in [0, 0.05) is 24.2 Å². The highest BCUT2D eigenvalue weighted by Crippen LogP contribution is 2.38. The van der Waals surface area contributed by atoms with Crippen LogP contribution in [0.25, 0.3) is 10.2 Å². The predicted octanol–water partition coefficient (Wildman–Crippen LogP) is 5.27. The largest absolute Gasteiger partial charge is 0.350 e. The third-order valence-electron chi connectivity index (χ3n) is 5.20. The number of fused-ring (bicyclic) bond motifs is 2. The molecule has 2 heterocycles. The molecule has 0 aliphatic heterocycles. The molecule has 1 aliphatic rings. The number of rotatable bonds is 4. The summed E-state index contributed by atoms with van der Waals surface area (Å²) in [6.07, 6.45) is 7.09. The van der Waals surface area contributed by atoms with Gasteiger partial charge in [0.15, 0.2) is 0 Å². The summed E-state index contributed by atoms with van der Waals surface area (Å²) >= 11 is 1.47. The maximum Gasteiger partial charge on any atom is 0.261 e. The molecule has 5 heteroatoms. The van der Waals surface area contributed by atoms with Crippen molar-refractivity contribution in [2.24, 2.45) is 17.1 Å². The molecule has 1 amide bonds. The summed E-state index contributed by atoms with van der Waals surface area (Å²) in [5.41, 5.74) is 9.63. The Balaban J connectivity index is 0.000000438. The van der Waals surface area contributed by atoms with Crippen LogP contribution in [0.5, 0.6) is 0 Å². The van der Waals surface area contributed by atoms with Gasteiger partial charge in [-0.3, -0.25) is 4.79 Å². The lowest BCUT2D eigenvalue weighted by Gasteiger charge is -2.34. The van der Waals surface area contributed by atoms with E-state index < -0.39 is 0 Å². The van der Waals surface area contributed by atoms with E-state index >= 15 is 0 Å². The monoisotopic (exact) mass is 413 g/mol. The number of nitrogens with zero attached hydrogens (tertiary/aromatic N) is 1. The molecule has 3 rings (SSSR count). The van der Waals surface area contributed by atoms with Gasteiger partial charge in [0.1, 0.15) is 4.83 Å². The van der Waals surface area contributed by atoms with E-state index in [2.05, 4.69) is 38.7 Å². The number of hydrogen-bond donors (Lipinski definition) is 2. The van der Waals surface area contributed by atoms with Crippen LogP contribution >= 0.6 is 11.3 Å². The molecular formula is C24H35N3OS. The minimum absolute atomic E-state index is 0.0519. The number of amides is 1. The molecule has 2 aromatic rings. The van der Waals surface area contributed by atoms with E-state index in [1.54, 1.807) is 6.08 Å². The number of aryl methyl sites for hydroxylation is 1. The molecule has 0 saturated heterocycles. The lowest BCUT2D eigenvalue weighted by molar-refractivity contribution is 0.0959. The van der Waals surface area contributed by atoms with E-state index in [0.717, 1.165) is 27.9 Å². The van der Waals surface area contributed by atoms with Gasteiger partial charge < -0.3 is 11.1 Å². The van der Waals surface area contributed by atoms with Crippen molar-refractivity contribution in [3.63, 3.8) is 0 Å². The van der Waals surface area contributed by atoms with Crippen LogP contribution in [0.15, 0.2) is 36.4 Å². The number of allylic oxidation sites excluding steroid dienone is 3. The second-order valence-electron chi connectivity index (χ2n) is 8.93. The van der Waals surface area contributed by atoms with Gasteiger partial charge in [0.05, 0.1) is 4.88 Å². The molecule has 0 aromatic carbocycles. The van der Waals surface area contributed by atoms with Crippen molar-refractivity contribution in [2.45, 2.75) is 53.9 Å². The first kappa shape index (κ1) is 23.3. The highest BCUT2D eigenvalue weighted by atomic mass is 32.1. The van der Waals surface area contributed by atoms with Crippen molar-refractivity contribution >= 4 is 27.5 Å². The third kappa shape index (κ3) is 6.51. The number of aromatic nitrogens is 1. The highest BCUT2D eigenvalue weighted by Gasteiger charge is 2.29. The molecule has 1 unspecified atom stereocenters. The molecule has 0 saturated carbocycles. The van der Waals surface area contributed by atoms with Gasteiger partial charge in [-0.25, -0.2) is 4.98 Å². The molecule has 2 aromatic heterocycles. The zero-order chi connectivity index (χ0) is 21.6.